The summed E-state index contributed by atoms with van der Waals surface area (Å²) in [5, 5.41) is 10.2. The number of benzene rings is 1. The summed E-state index contributed by atoms with van der Waals surface area (Å²) in [6.07, 6.45) is -0.216. The largest absolute Gasteiger partial charge is 0.497 e. The molecule has 0 spiro atoms. The second-order valence-corrected chi connectivity index (χ2v) is 5.69. The number of aliphatic hydroxyl groups excluding tert-OH is 1. The van der Waals surface area contributed by atoms with Gasteiger partial charge in [-0.25, -0.2) is 0 Å². The minimum Gasteiger partial charge on any atom is -0.497 e. The fourth-order valence-corrected chi connectivity index (χ4v) is 2.53. The van der Waals surface area contributed by atoms with E-state index in [1.54, 1.807) is 18.9 Å². The summed E-state index contributed by atoms with van der Waals surface area (Å²) >= 11 is 1.54. The summed E-state index contributed by atoms with van der Waals surface area (Å²) in [6, 6.07) is 7.36. The van der Waals surface area contributed by atoms with Crippen molar-refractivity contribution >= 4 is 17.7 Å². The van der Waals surface area contributed by atoms with Crippen molar-refractivity contribution < 1.29 is 19.4 Å². The van der Waals surface area contributed by atoms with Crippen LogP contribution in [0.1, 0.15) is 25.0 Å². The minimum absolute atomic E-state index is 0.118. The fourth-order valence-electron chi connectivity index (χ4n) is 1.58. The van der Waals surface area contributed by atoms with Crippen LogP contribution in [0, 0.1) is 0 Å². The maximum Gasteiger partial charge on any atom is 0.306 e. The predicted molar refractivity (Wildman–Crippen MR) is 76.5 cm³/mol. The molecule has 0 amide bonds. The number of thioether (sulfide) groups is 1. The number of rotatable bonds is 7. The molecule has 1 N–H and O–H groups in total. The fraction of sp³-hybridized carbons (Fsp3) is 0.500. The van der Waals surface area contributed by atoms with Crippen molar-refractivity contribution in [2.75, 3.05) is 20.0 Å². The number of carbonyl (C=O) groups excluding carboxylic acids is 1. The van der Waals surface area contributed by atoms with Gasteiger partial charge in [-0.2, -0.15) is 11.8 Å². The number of carbonyl (C=O) groups is 1. The number of ether oxygens (including phenoxy) is 2. The molecule has 0 saturated heterocycles. The second kappa shape index (κ2) is 8.07. The predicted octanol–water partition coefficient (Wildman–Crippen LogP) is 2.41. The monoisotopic (exact) mass is 284 g/mol. The number of methoxy groups -OCH3 is 2. The molecule has 0 aromatic heterocycles. The van der Waals surface area contributed by atoms with Gasteiger partial charge in [0.2, 0.25) is 0 Å². The number of esters is 1. The first-order chi connectivity index (χ1) is 9.06. The Morgan fingerprint density at radius 3 is 2.79 bits per heavy atom. The van der Waals surface area contributed by atoms with E-state index in [-0.39, 0.29) is 11.2 Å². The van der Waals surface area contributed by atoms with Gasteiger partial charge in [0.15, 0.2) is 0 Å². The van der Waals surface area contributed by atoms with Crippen molar-refractivity contribution in [3.8, 4) is 5.75 Å². The normalized spacial score (nSPS) is 13.7. The van der Waals surface area contributed by atoms with Gasteiger partial charge in [0.25, 0.3) is 0 Å². The molecular weight excluding hydrogens is 264 g/mol. The molecule has 0 radical (unpaired) electrons. The van der Waals surface area contributed by atoms with E-state index in [0.717, 1.165) is 11.3 Å². The lowest BCUT2D eigenvalue weighted by Crippen LogP contribution is -2.11. The summed E-state index contributed by atoms with van der Waals surface area (Å²) in [7, 11) is 2.98. The Hall–Kier alpha value is -1.20. The average molecular weight is 284 g/mol. The van der Waals surface area contributed by atoms with Gasteiger partial charge in [-0.3, -0.25) is 4.79 Å². The van der Waals surface area contributed by atoms with E-state index in [1.165, 1.54) is 7.11 Å². The second-order valence-electron chi connectivity index (χ2n) is 4.22. The van der Waals surface area contributed by atoms with Gasteiger partial charge in [-0.15, -0.1) is 0 Å². The van der Waals surface area contributed by atoms with E-state index < -0.39 is 6.10 Å². The maximum absolute atomic E-state index is 11.1. The zero-order valence-electron chi connectivity index (χ0n) is 11.5. The average Bonchev–Trinajstić information content (AvgIpc) is 2.44. The lowest BCUT2D eigenvalue weighted by molar-refractivity contribution is -0.140. The molecule has 0 aliphatic rings. The summed E-state index contributed by atoms with van der Waals surface area (Å²) in [5.41, 5.74) is 0.817. The smallest absolute Gasteiger partial charge is 0.306 e. The lowest BCUT2D eigenvalue weighted by Gasteiger charge is -2.15. The molecular formula is C14H20O4S. The van der Waals surface area contributed by atoms with E-state index >= 15 is 0 Å². The highest BCUT2D eigenvalue weighted by molar-refractivity contribution is 7.99. The molecule has 0 aliphatic heterocycles. The van der Waals surface area contributed by atoms with Crippen LogP contribution in [0.3, 0.4) is 0 Å². The molecule has 1 aromatic rings. The molecule has 1 aromatic carbocycles. The van der Waals surface area contributed by atoms with Crippen molar-refractivity contribution in [2.45, 2.75) is 24.7 Å². The van der Waals surface area contributed by atoms with Crippen LogP contribution < -0.4 is 4.74 Å². The minimum atomic E-state index is -0.569. The van der Waals surface area contributed by atoms with Crippen LogP contribution in [0.2, 0.25) is 0 Å². The molecule has 0 aliphatic carbocycles. The Morgan fingerprint density at radius 2 is 2.16 bits per heavy atom. The molecule has 5 heteroatoms. The third-order valence-electron chi connectivity index (χ3n) is 2.70. The van der Waals surface area contributed by atoms with Crippen LogP contribution in [0.4, 0.5) is 0 Å². The third kappa shape index (κ3) is 5.53. The van der Waals surface area contributed by atoms with Crippen LogP contribution >= 0.6 is 11.8 Å². The number of hydrogen-bond acceptors (Lipinski definition) is 5. The molecule has 2 atom stereocenters. The molecule has 0 heterocycles. The Kier molecular flexibility index (Phi) is 6.73. The zero-order chi connectivity index (χ0) is 14.3. The van der Waals surface area contributed by atoms with Crippen LogP contribution in [0.15, 0.2) is 24.3 Å². The molecule has 19 heavy (non-hydrogen) atoms. The van der Waals surface area contributed by atoms with E-state index in [2.05, 4.69) is 4.74 Å². The quantitative estimate of drug-likeness (QED) is 0.779. The van der Waals surface area contributed by atoms with Crippen molar-refractivity contribution in [1.29, 1.82) is 0 Å². The number of aliphatic hydroxyl groups is 1. The van der Waals surface area contributed by atoms with Gasteiger partial charge < -0.3 is 14.6 Å². The summed E-state index contributed by atoms with van der Waals surface area (Å²) in [5.74, 6) is 1.03. The highest BCUT2D eigenvalue weighted by Crippen LogP contribution is 2.25. The third-order valence-corrected chi connectivity index (χ3v) is 3.94. The van der Waals surface area contributed by atoms with Gasteiger partial charge in [-0.1, -0.05) is 19.1 Å². The van der Waals surface area contributed by atoms with E-state index in [4.69, 9.17) is 4.74 Å². The van der Waals surface area contributed by atoms with E-state index in [9.17, 15) is 9.90 Å². The molecule has 0 bridgehead atoms. The van der Waals surface area contributed by atoms with Crippen molar-refractivity contribution in [2.24, 2.45) is 0 Å². The summed E-state index contributed by atoms with van der Waals surface area (Å²) < 4.78 is 9.73. The lowest BCUT2D eigenvalue weighted by atomic mass is 10.1. The summed E-state index contributed by atoms with van der Waals surface area (Å²) in [6.45, 7) is 1.94. The Labute approximate surface area is 118 Å². The van der Waals surface area contributed by atoms with Crippen LogP contribution in [-0.4, -0.2) is 36.3 Å². The van der Waals surface area contributed by atoms with E-state index in [1.807, 2.05) is 31.2 Å². The summed E-state index contributed by atoms with van der Waals surface area (Å²) in [4.78, 5) is 11.1. The molecule has 106 valence electrons. The van der Waals surface area contributed by atoms with Gasteiger partial charge in [0.1, 0.15) is 5.75 Å². The molecule has 0 fully saturated rings. The standard InChI is InChI=1S/C14H20O4S/c1-10(7-14(16)18-3)19-9-13(15)11-5-4-6-12(8-11)17-2/h4-6,8,10,13,15H,7,9H2,1-3H3. The maximum atomic E-state index is 11.1. The van der Waals surface area contributed by atoms with Crippen molar-refractivity contribution in [3.05, 3.63) is 29.8 Å². The van der Waals surface area contributed by atoms with Gasteiger partial charge >= 0.3 is 5.97 Å². The number of hydrogen-bond donors (Lipinski definition) is 1. The van der Waals surface area contributed by atoms with Crippen molar-refractivity contribution in [1.82, 2.24) is 0 Å². The topological polar surface area (TPSA) is 55.8 Å². The SMILES string of the molecule is COC(=O)CC(C)SCC(O)c1cccc(OC)c1. The van der Waals surface area contributed by atoms with Gasteiger partial charge in [-0.05, 0) is 17.7 Å². The molecule has 0 saturated carbocycles. The van der Waals surface area contributed by atoms with Crippen LogP contribution in [0.5, 0.6) is 5.75 Å². The first kappa shape index (κ1) is 15.9. The van der Waals surface area contributed by atoms with Crippen LogP contribution in [-0.2, 0) is 9.53 Å². The molecule has 4 nitrogen and oxygen atoms in total. The Balaban J connectivity index is 2.46. The van der Waals surface area contributed by atoms with Gasteiger partial charge in [0.05, 0.1) is 26.7 Å². The highest BCUT2D eigenvalue weighted by Gasteiger charge is 2.14. The van der Waals surface area contributed by atoms with E-state index in [0.29, 0.717) is 12.2 Å². The molecule has 1 rings (SSSR count). The van der Waals surface area contributed by atoms with Gasteiger partial charge in [0, 0.05) is 11.0 Å². The molecule has 2 unspecified atom stereocenters. The van der Waals surface area contributed by atoms with Crippen molar-refractivity contribution in [3.63, 3.8) is 0 Å². The highest BCUT2D eigenvalue weighted by atomic mass is 32.2. The first-order valence-electron chi connectivity index (χ1n) is 6.07. The Bertz CT molecular complexity index is 408. The van der Waals surface area contributed by atoms with Crippen LogP contribution in [0.25, 0.3) is 0 Å². The Morgan fingerprint density at radius 1 is 1.42 bits per heavy atom. The zero-order valence-corrected chi connectivity index (χ0v) is 12.3. The first-order valence-corrected chi connectivity index (χ1v) is 7.12.